The van der Waals surface area contributed by atoms with E-state index in [1.165, 1.54) is 12.1 Å². The van der Waals surface area contributed by atoms with Gasteiger partial charge in [-0.05, 0) is 17.7 Å². The van der Waals surface area contributed by atoms with Crippen LogP contribution in [0.25, 0.3) is 0 Å². The van der Waals surface area contributed by atoms with Crippen LogP contribution in [0.15, 0.2) is 48.5 Å². The molecule has 2 aromatic carbocycles. The first-order chi connectivity index (χ1) is 8.65. The van der Waals surface area contributed by atoms with Crippen molar-refractivity contribution in [3.05, 3.63) is 65.5 Å². The van der Waals surface area contributed by atoms with Crippen molar-refractivity contribution in [2.24, 2.45) is 5.73 Å². The van der Waals surface area contributed by atoms with Gasteiger partial charge in [0.25, 0.3) is 0 Å². The first-order valence-electron chi connectivity index (χ1n) is 5.47. The maximum absolute atomic E-state index is 12.9. The molecule has 0 spiro atoms. The number of benzene rings is 2. The third kappa shape index (κ3) is 3.07. The van der Waals surface area contributed by atoms with Crippen molar-refractivity contribution in [2.45, 2.75) is 6.61 Å². The molecule has 0 saturated carbocycles. The summed E-state index contributed by atoms with van der Waals surface area (Å²) in [6.45, 7) is 0.349. The van der Waals surface area contributed by atoms with E-state index in [-0.39, 0.29) is 11.7 Å². The molecule has 0 atom stereocenters. The lowest BCUT2D eigenvalue weighted by Crippen LogP contribution is -2.10. The van der Waals surface area contributed by atoms with Gasteiger partial charge in [0.05, 0.1) is 0 Å². The summed E-state index contributed by atoms with van der Waals surface area (Å²) in [6.07, 6.45) is 0. The van der Waals surface area contributed by atoms with E-state index < -0.39 is 0 Å². The van der Waals surface area contributed by atoms with Crippen molar-refractivity contribution in [2.75, 3.05) is 0 Å². The summed E-state index contributed by atoms with van der Waals surface area (Å²) >= 11 is 0. The van der Waals surface area contributed by atoms with Gasteiger partial charge in [-0.15, -0.1) is 0 Å². The number of rotatable bonds is 4. The van der Waals surface area contributed by atoms with Crippen LogP contribution >= 0.6 is 0 Å². The van der Waals surface area contributed by atoms with Crippen molar-refractivity contribution in [3.63, 3.8) is 0 Å². The maximum Gasteiger partial charge on any atom is 0.126 e. The highest BCUT2D eigenvalue weighted by atomic mass is 19.1. The van der Waals surface area contributed by atoms with Gasteiger partial charge < -0.3 is 10.5 Å². The van der Waals surface area contributed by atoms with E-state index >= 15 is 0 Å². The second-order valence-electron chi connectivity index (χ2n) is 3.86. The van der Waals surface area contributed by atoms with Gasteiger partial charge in [-0.3, -0.25) is 5.41 Å². The van der Waals surface area contributed by atoms with Crippen molar-refractivity contribution in [3.8, 4) is 5.75 Å². The number of hydrogen-bond acceptors (Lipinski definition) is 2. The summed E-state index contributed by atoms with van der Waals surface area (Å²) in [7, 11) is 0. The Bertz CT molecular complexity index is 552. The summed E-state index contributed by atoms with van der Waals surface area (Å²) in [4.78, 5) is 0. The molecule has 2 rings (SSSR count). The Hall–Kier alpha value is -2.36. The molecule has 0 aromatic heterocycles. The van der Waals surface area contributed by atoms with Crippen LogP contribution in [-0.4, -0.2) is 5.84 Å². The zero-order chi connectivity index (χ0) is 13.0. The van der Waals surface area contributed by atoms with E-state index in [0.29, 0.717) is 17.9 Å². The lowest BCUT2D eigenvalue weighted by Gasteiger charge is -2.07. The molecule has 3 N–H and O–H groups in total. The lowest BCUT2D eigenvalue weighted by molar-refractivity contribution is 0.304. The molecular formula is C14H13FN2O. The Morgan fingerprint density at radius 1 is 1.17 bits per heavy atom. The van der Waals surface area contributed by atoms with Crippen molar-refractivity contribution in [1.29, 1.82) is 5.41 Å². The molecule has 0 radical (unpaired) electrons. The molecule has 18 heavy (non-hydrogen) atoms. The molecule has 0 aliphatic rings. The van der Waals surface area contributed by atoms with Gasteiger partial charge in [-0.2, -0.15) is 0 Å². The average Bonchev–Trinajstić information content (AvgIpc) is 2.37. The molecule has 0 bridgehead atoms. The number of halogens is 1. The van der Waals surface area contributed by atoms with E-state index in [9.17, 15) is 4.39 Å². The van der Waals surface area contributed by atoms with Crippen LogP contribution in [0.4, 0.5) is 4.39 Å². The summed E-state index contributed by atoms with van der Waals surface area (Å²) in [5, 5.41) is 7.27. The SMILES string of the molecule is N=C(N)c1ccc(COc2cccc(F)c2)cc1. The molecule has 0 heterocycles. The summed E-state index contributed by atoms with van der Waals surface area (Å²) in [5.74, 6) is 0.206. The number of nitrogen functional groups attached to an aromatic ring is 1. The fraction of sp³-hybridized carbons (Fsp3) is 0.0714. The van der Waals surface area contributed by atoms with E-state index in [4.69, 9.17) is 15.9 Å². The van der Waals surface area contributed by atoms with Crippen LogP contribution in [0.5, 0.6) is 5.75 Å². The van der Waals surface area contributed by atoms with Crippen LogP contribution in [0.2, 0.25) is 0 Å². The van der Waals surface area contributed by atoms with Gasteiger partial charge >= 0.3 is 0 Å². The highest BCUT2D eigenvalue weighted by Crippen LogP contribution is 2.14. The van der Waals surface area contributed by atoms with E-state index in [0.717, 1.165) is 5.56 Å². The molecule has 0 aliphatic carbocycles. The van der Waals surface area contributed by atoms with E-state index in [1.807, 2.05) is 12.1 Å². The Balaban J connectivity index is 2.00. The normalized spacial score (nSPS) is 10.1. The molecule has 0 saturated heterocycles. The maximum atomic E-state index is 12.9. The minimum absolute atomic E-state index is 0.0348. The lowest BCUT2D eigenvalue weighted by atomic mass is 10.1. The largest absolute Gasteiger partial charge is 0.489 e. The van der Waals surface area contributed by atoms with Gasteiger partial charge in [-0.25, -0.2) is 4.39 Å². The van der Waals surface area contributed by atoms with E-state index in [1.54, 1.807) is 24.3 Å². The van der Waals surface area contributed by atoms with Crippen LogP contribution in [-0.2, 0) is 6.61 Å². The molecule has 0 unspecified atom stereocenters. The zero-order valence-electron chi connectivity index (χ0n) is 9.69. The minimum Gasteiger partial charge on any atom is -0.489 e. The third-order valence-corrected chi connectivity index (χ3v) is 2.47. The van der Waals surface area contributed by atoms with Crippen LogP contribution in [0.1, 0.15) is 11.1 Å². The monoisotopic (exact) mass is 244 g/mol. The number of ether oxygens (including phenoxy) is 1. The average molecular weight is 244 g/mol. The molecule has 3 nitrogen and oxygen atoms in total. The Morgan fingerprint density at radius 3 is 2.50 bits per heavy atom. The van der Waals surface area contributed by atoms with Gasteiger partial charge in [-0.1, -0.05) is 30.3 Å². The molecule has 4 heteroatoms. The smallest absolute Gasteiger partial charge is 0.126 e. The van der Waals surface area contributed by atoms with Crippen LogP contribution in [0.3, 0.4) is 0 Å². The van der Waals surface area contributed by atoms with Crippen molar-refractivity contribution >= 4 is 5.84 Å². The molecule has 2 aromatic rings. The summed E-state index contributed by atoms with van der Waals surface area (Å²) < 4.78 is 18.4. The predicted molar refractivity (Wildman–Crippen MR) is 68.2 cm³/mol. The van der Waals surface area contributed by atoms with Gasteiger partial charge in [0.15, 0.2) is 0 Å². The van der Waals surface area contributed by atoms with Crippen LogP contribution in [0, 0.1) is 11.2 Å². The minimum atomic E-state index is -0.320. The quantitative estimate of drug-likeness (QED) is 0.641. The standard InChI is InChI=1S/C14H13FN2O/c15-12-2-1-3-13(8-12)18-9-10-4-6-11(7-5-10)14(16)17/h1-8H,9H2,(H3,16,17). The van der Waals surface area contributed by atoms with E-state index in [2.05, 4.69) is 0 Å². The second-order valence-corrected chi connectivity index (χ2v) is 3.86. The first kappa shape index (κ1) is 12.1. The number of nitrogens with one attached hydrogen (secondary N) is 1. The first-order valence-corrected chi connectivity index (χ1v) is 5.47. The Morgan fingerprint density at radius 2 is 1.89 bits per heavy atom. The van der Waals surface area contributed by atoms with Crippen molar-refractivity contribution in [1.82, 2.24) is 0 Å². The second kappa shape index (κ2) is 5.31. The fourth-order valence-electron chi connectivity index (χ4n) is 1.50. The highest BCUT2D eigenvalue weighted by molar-refractivity contribution is 5.94. The Labute approximate surface area is 105 Å². The van der Waals surface area contributed by atoms with Gasteiger partial charge in [0.1, 0.15) is 24.0 Å². The molecule has 0 amide bonds. The van der Waals surface area contributed by atoms with Gasteiger partial charge in [0.2, 0.25) is 0 Å². The molecular weight excluding hydrogens is 231 g/mol. The fourth-order valence-corrected chi connectivity index (χ4v) is 1.50. The van der Waals surface area contributed by atoms with Crippen molar-refractivity contribution < 1.29 is 9.13 Å². The summed E-state index contributed by atoms with van der Waals surface area (Å²) in [6, 6.07) is 13.2. The highest BCUT2D eigenvalue weighted by Gasteiger charge is 1.99. The molecule has 0 aliphatic heterocycles. The molecule has 92 valence electrons. The zero-order valence-corrected chi connectivity index (χ0v) is 9.69. The molecule has 0 fully saturated rings. The number of hydrogen-bond donors (Lipinski definition) is 2. The number of nitrogens with two attached hydrogens (primary N) is 1. The van der Waals surface area contributed by atoms with Gasteiger partial charge in [0, 0.05) is 11.6 Å². The topological polar surface area (TPSA) is 59.1 Å². The summed E-state index contributed by atoms with van der Waals surface area (Å²) in [5.41, 5.74) is 6.96. The number of amidine groups is 1. The third-order valence-electron chi connectivity index (χ3n) is 2.47. The predicted octanol–water partition coefficient (Wildman–Crippen LogP) is 2.69. The van der Waals surface area contributed by atoms with Crippen LogP contribution < -0.4 is 10.5 Å². The Kier molecular flexibility index (Phi) is 3.57.